The SMILES string of the molecule is N[C@H]1CCCN(P(N)(=O)NC2CCCCC2)C1=O. The van der Waals surface area contributed by atoms with Crippen LogP contribution in [0.4, 0.5) is 0 Å². The predicted molar refractivity (Wildman–Crippen MR) is 70.7 cm³/mol. The zero-order valence-corrected chi connectivity index (χ0v) is 11.6. The zero-order valence-electron chi connectivity index (χ0n) is 10.7. The fourth-order valence-corrected chi connectivity index (χ4v) is 4.54. The van der Waals surface area contributed by atoms with E-state index < -0.39 is 13.6 Å². The largest absolute Gasteiger partial charge is 0.320 e. The molecule has 104 valence electrons. The highest BCUT2D eigenvalue weighted by Crippen LogP contribution is 2.41. The average molecular weight is 274 g/mol. The maximum absolute atomic E-state index is 12.5. The van der Waals surface area contributed by atoms with E-state index in [0.717, 1.165) is 32.1 Å². The molecule has 2 rings (SSSR count). The van der Waals surface area contributed by atoms with Gasteiger partial charge in [-0.25, -0.2) is 5.09 Å². The van der Waals surface area contributed by atoms with Gasteiger partial charge in [0, 0.05) is 12.6 Å². The summed E-state index contributed by atoms with van der Waals surface area (Å²) in [6, 6.07) is -0.385. The first-order chi connectivity index (χ1) is 8.50. The number of carbonyl (C=O) groups is 1. The molecule has 0 radical (unpaired) electrons. The molecule has 2 aliphatic rings. The molecule has 1 aliphatic heterocycles. The summed E-state index contributed by atoms with van der Waals surface area (Å²) in [7, 11) is -3.28. The third-order valence-corrected chi connectivity index (χ3v) is 5.64. The van der Waals surface area contributed by atoms with Crippen molar-refractivity contribution in [3.05, 3.63) is 0 Å². The van der Waals surface area contributed by atoms with E-state index in [2.05, 4.69) is 5.09 Å². The van der Waals surface area contributed by atoms with Crippen LogP contribution in [-0.4, -0.2) is 29.2 Å². The average Bonchev–Trinajstić information content (AvgIpc) is 2.33. The predicted octanol–water partition coefficient (Wildman–Crippen LogP) is 0.925. The lowest BCUT2D eigenvalue weighted by molar-refractivity contribution is -0.129. The third kappa shape index (κ3) is 3.12. The third-order valence-electron chi connectivity index (χ3n) is 3.79. The molecule has 0 spiro atoms. The number of nitrogens with zero attached hydrogens (tertiary/aromatic N) is 1. The summed E-state index contributed by atoms with van der Waals surface area (Å²) in [5.74, 6) is -0.282. The van der Waals surface area contributed by atoms with Crippen molar-refractivity contribution >= 4 is 13.5 Å². The summed E-state index contributed by atoms with van der Waals surface area (Å²) >= 11 is 0. The van der Waals surface area contributed by atoms with Crippen LogP contribution in [-0.2, 0) is 9.36 Å². The number of nitrogens with two attached hydrogens (primary N) is 2. The van der Waals surface area contributed by atoms with Gasteiger partial charge in [-0.2, -0.15) is 0 Å². The van der Waals surface area contributed by atoms with Crippen molar-refractivity contribution in [1.82, 2.24) is 9.76 Å². The molecule has 1 aliphatic carbocycles. The maximum Gasteiger partial charge on any atom is 0.305 e. The number of hydrogen-bond acceptors (Lipinski definition) is 3. The second-order valence-electron chi connectivity index (χ2n) is 5.30. The molecule has 1 unspecified atom stereocenters. The van der Waals surface area contributed by atoms with Gasteiger partial charge in [-0.15, -0.1) is 0 Å². The first-order valence-corrected chi connectivity index (χ1v) is 8.47. The summed E-state index contributed by atoms with van der Waals surface area (Å²) in [5, 5.41) is 3.00. The van der Waals surface area contributed by atoms with Crippen molar-refractivity contribution in [1.29, 1.82) is 0 Å². The van der Waals surface area contributed by atoms with Crippen LogP contribution >= 0.6 is 7.59 Å². The summed E-state index contributed by atoms with van der Waals surface area (Å²) < 4.78 is 13.8. The van der Waals surface area contributed by atoms with Gasteiger partial charge in [0.15, 0.2) is 0 Å². The lowest BCUT2D eigenvalue weighted by atomic mass is 9.96. The Kier molecular flexibility index (Phi) is 4.43. The Morgan fingerprint density at radius 1 is 1.17 bits per heavy atom. The Morgan fingerprint density at radius 3 is 2.50 bits per heavy atom. The van der Waals surface area contributed by atoms with E-state index >= 15 is 0 Å². The van der Waals surface area contributed by atoms with Crippen molar-refractivity contribution in [2.45, 2.75) is 57.0 Å². The minimum Gasteiger partial charge on any atom is -0.320 e. The first-order valence-electron chi connectivity index (χ1n) is 6.74. The molecule has 1 saturated carbocycles. The molecule has 18 heavy (non-hydrogen) atoms. The highest BCUT2D eigenvalue weighted by atomic mass is 31.2. The molecule has 1 saturated heterocycles. The molecule has 0 aromatic rings. The second kappa shape index (κ2) is 5.70. The number of rotatable bonds is 3. The second-order valence-corrected chi connectivity index (χ2v) is 7.28. The van der Waals surface area contributed by atoms with E-state index in [1.165, 1.54) is 11.1 Å². The molecule has 5 N–H and O–H groups in total. The number of hydrogen-bond donors (Lipinski definition) is 3. The number of piperidine rings is 1. The van der Waals surface area contributed by atoms with Crippen LogP contribution < -0.4 is 16.3 Å². The fraction of sp³-hybridized carbons (Fsp3) is 0.909. The highest BCUT2D eigenvalue weighted by Gasteiger charge is 2.37. The van der Waals surface area contributed by atoms with Crippen molar-refractivity contribution < 1.29 is 9.36 Å². The Labute approximate surface area is 108 Å². The van der Waals surface area contributed by atoms with E-state index in [0.29, 0.717) is 13.0 Å². The van der Waals surface area contributed by atoms with Crippen LogP contribution in [0.2, 0.25) is 0 Å². The van der Waals surface area contributed by atoms with Gasteiger partial charge in [0.1, 0.15) is 0 Å². The van der Waals surface area contributed by atoms with Crippen LogP contribution in [0.15, 0.2) is 0 Å². The standard InChI is InChI=1S/C11H23N4O2P/c12-10-7-4-8-15(11(10)16)18(13,17)14-9-5-2-1-3-6-9/h9-10H,1-8,12H2,(H3,13,14,17)/t10-,18?/m0/s1. The van der Waals surface area contributed by atoms with E-state index in [4.69, 9.17) is 11.2 Å². The van der Waals surface area contributed by atoms with E-state index in [1.807, 2.05) is 0 Å². The van der Waals surface area contributed by atoms with Crippen molar-refractivity contribution in [2.24, 2.45) is 11.2 Å². The Morgan fingerprint density at radius 2 is 1.83 bits per heavy atom. The van der Waals surface area contributed by atoms with Crippen LogP contribution in [0.3, 0.4) is 0 Å². The van der Waals surface area contributed by atoms with Crippen LogP contribution in [0.25, 0.3) is 0 Å². The van der Waals surface area contributed by atoms with E-state index in [9.17, 15) is 9.36 Å². The summed E-state index contributed by atoms with van der Waals surface area (Å²) in [6.45, 7) is 0.444. The quantitative estimate of drug-likeness (QED) is 0.664. The molecule has 2 fully saturated rings. The highest BCUT2D eigenvalue weighted by molar-refractivity contribution is 7.57. The normalized spacial score (nSPS) is 30.2. The monoisotopic (exact) mass is 274 g/mol. The van der Waals surface area contributed by atoms with Gasteiger partial charge < -0.3 is 5.73 Å². The summed E-state index contributed by atoms with van der Waals surface area (Å²) in [4.78, 5) is 11.9. The molecule has 2 atom stereocenters. The summed E-state index contributed by atoms with van der Waals surface area (Å²) in [5.41, 5.74) is 11.6. The van der Waals surface area contributed by atoms with Crippen LogP contribution in [0, 0.1) is 0 Å². The van der Waals surface area contributed by atoms with Gasteiger partial charge in [-0.05, 0) is 25.7 Å². The lowest BCUT2D eigenvalue weighted by Crippen LogP contribution is -2.50. The maximum atomic E-state index is 12.5. The Hall–Kier alpha value is -0.420. The van der Waals surface area contributed by atoms with E-state index in [-0.39, 0.29) is 11.9 Å². The van der Waals surface area contributed by atoms with Crippen molar-refractivity contribution in [2.75, 3.05) is 6.54 Å². The number of carbonyl (C=O) groups excluding carboxylic acids is 1. The van der Waals surface area contributed by atoms with Crippen molar-refractivity contribution in [3.63, 3.8) is 0 Å². The van der Waals surface area contributed by atoms with Crippen LogP contribution in [0.1, 0.15) is 44.9 Å². The molecule has 7 heteroatoms. The molecular formula is C11H23N4O2P. The Balaban J connectivity index is 2.00. The van der Waals surface area contributed by atoms with Gasteiger partial charge in [-0.1, -0.05) is 19.3 Å². The minimum atomic E-state index is -3.28. The van der Waals surface area contributed by atoms with Crippen LogP contribution in [0.5, 0.6) is 0 Å². The number of amides is 1. The molecule has 0 aromatic heterocycles. The van der Waals surface area contributed by atoms with Gasteiger partial charge in [0.2, 0.25) is 5.91 Å². The Bertz CT molecular complexity index is 357. The lowest BCUT2D eigenvalue weighted by Gasteiger charge is -2.37. The fourth-order valence-electron chi connectivity index (χ4n) is 2.74. The van der Waals surface area contributed by atoms with Gasteiger partial charge in [-0.3, -0.25) is 19.5 Å². The molecule has 0 bridgehead atoms. The first kappa shape index (κ1) is 14.0. The topological polar surface area (TPSA) is 101 Å². The van der Waals surface area contributed by atoms with Gasteiger partial charge >= 0.3 is 7.59 Å². The smallest absolute Gasteiger partial charge is 0.305 e. The molecule has 0 aromatic carbocycles. The minimum absolute atomic E-state index is 0.167. The summed E-state index contributed by atoms with van der Waals surface area (Å²) in [6.07, 6.45) is 6.86. The number of nitrogens with one attached hydrogen (secondary N) is 1. The van der Waals surface area contributed by atoms with E-state index in [1.54, 1.807) is 0 Å². The van der Waals surface area contributed by atoms with Gasteiger partial charge in [0.05, 0.1) is 6.04 Å². The molecule has 6 nitrogen and oxygen atoms in total. The molecule has 1 heterocycles. The zero-order chi connectivity index (χ0) is 13.2. The van der Waals surface area contributed by atoms with Crippen molar-refractivity contribution in [3.8, 4) is 0 Å². The molecular weight excluding hydrogens is 251 g/mol. The molecule has 1 amide bonds. The van der Waals surface area contributed by atoms with Gasteiger partial charge in [0.25, 0.3) is 0 Å².